The second kappa shape index (κ2) is 6.73. The molecule has 1 unspecified atom stereocenters. The van der Waals surface area contributed by atoms with Crippen LogP contribution in [-0.2, 0) is 24.2 Å². The molecule has 0 saturated carbocycles. The van der Waals surface area contributed by atoms with Gasteiger partial charge in [-0.25, -0.2) is 0 Å². The van der Waals surface area contributed by atoms with Crippen molar-refractivity contribution in [1.82, 2.24) is 14.7 Å². The Kier molecular flexibility index (Phi) is 5.20. The molecule has 1 aliphatic rings. The van der Waals surface area contributed by atoms with E-state index in [1.165, 1.54) is 12.8 Å². The number of ketones is 1. The average Bonchev–Trinajstić information content (AvgIpc) is 3.15. The molecule has 0 bridgehead atoms. The van der Waals surface area contributed by atoms with Crippen molar-refractivity contribution in [2.75, 3.05) is 13.1 Å². The van der Waals surface area contributed by atoms with Gasteiger partial charge in [0.25, 0.3) is 0 Å². The highest BCUT2D eigenvalue weighted by molar-refractivity contribution is 5.89. The molecule has 0 amide bonds. The van der Waals surface area contributed by atoms with E-state index in [-0.39, 0.29) is 5.54 Å². The molecule has 1 fully saturated rings. The molecule has 2 heterocycles. The van der Waals surface area contributed by atoms with E-state index in [9.17, 15) is 4.79 Å². The van der Waals surface area contributed by atoms with E-state index >= 15 is 0 Å². The maximum atomic E-state index is 12.9. The van der Waals surface area contributed by atoms with Gasteiger partial charge in [-0.1, -0.05) is 13.8 Å². The number of likely N-dealkylation sites (tertiary alicyclic amines) is 1. The molecule has 1 saturated heterocycles. The Morgan fingerprint density at radius 1 is 1.29 bits per heavy atom. The summed E-state index contributed by atoms with van der Waals surface area (Å²) in [6, 6.07) is 2.10. The van der Waals surface area contributed by atoms with Crippen LogP contribution in [0.3, 0.4) is 0 Å². The summed E-state index contributed by atoms with van der Waals surface area (Å²) >= 11 is 0. The second-order valence-corrected chi connectivity index (χ2v) is 6.22. The lowest BCUT2D eigenvalue weighted by molar-refractivity contribution is -0.129. The Hall–Kier alpha value is -1.16. The number of hydrogen-bond acceptors (Lipinski definition) is 3. The van der Waals surface area contributed by atoms with Crippen molar-refractivity contribution in [3.05, 3.63) is 17.5 Å². The average molecular weight is 291 g/mol. The fraction of sp³-hybridized carbons (Fsp3) is 0.765. The zero-order chi connectivity index (χ0) is 15.5. The molecule has 118 valence electrons. The summed E-state index contributed by atoms with van der Waals surface area (Å²) in [5.74, 6) is 0.337. The highest BCUT2D eigenvalue weighted by Gasteiger charge is 2.38. The van der Waals surface area contributed by atoms with E-state index in [4.69, 9.17) is 0 Å². The van der Waals surface area contributed by atoms with E-state index in [2.05, 4.69) is 43.8 Å². The second-order valence-electron chi connectivity index (χ2n) is 6.22. The fourth-order valence-electron chi connectivity index (χ4n) is 3.27. The molecular formula is C17H29N3O. The maximum absolute atomic E-state index is 12.9. The minimum Gasteiger partial charge on any atom is -0.297 e. The van der Waals surface area contributed by atoms with Crippen molar-refractivity contribution >= 4 is 5.78 Å². The van der Waals surface area contributed by atoms with Crippen molar-refractivity contribution in [3.8, 4) is 0 Å². The Morgan fingerprint density at radius 2 is 1.95 bits per heavy atom. The third kappa shape index (κ3) is 3.20. The van der Waals surface area contributed by atoms with Gasteiger partial charge in [-0.3, -0.25) is 14.4 Å². The van der Waals surface area contributed by atoms with Crippen LogP contribution in [0.5, 0.6) is 0 Å². The lowest BCUT2D eigenvalue weighted by Crippen LogP contribution is -2.51. The van der Waals surface area contributed by atoms with Crippen LogP contribution in [0, 0.1) is 0 Å². The highest BCUT2D eigenvalue weighted by atomic mass is 16.1. The summed E-state index contributed by atoms with van der Waals surface area (Å²) in [5, 5.41) is 4.56. The normalized spacial score (nSPS) is 18.9. The minimum atomic E-state index is -0.314. The first-order valence-electron chi connectivity index (χ1n) is 8.39. The molecule has 0 N–H and O–H groups in total. The van der Waals surface area contributed by atoms with E-state index in [1.54, 1.807) is 0 Å². The first kappa shape index (κ1) is 16.2. The number of aryl methyl sites for hydroxylation is 2. The summed E-state index contributed by atoms with van der Waals surface area (Å²) in [5.41, 5.74) is 1.84. The first-order chi connectivity index (χ1) is 10.0. The summed E-state index contributed by atoms with van der Waals surface area (Å²) in [7, 11) is 0. The predicted octanol–water partition coefficient (Wildman–Crippen LogP) is 2.84. The molecule has 4 heteroatoms. The smallest absolute Gasteiger partial charge is 0.158 e. The van der Waals surface area contributed by atoms with Gasteiger partial charge in [0.05, 0.1) is 17.7 Å². The Bertz CT molecular complexity index is 488. The molecular weight excluding hydrogens is 262 g/mol. The van der Waals surface area contributed by atoms with Gasteiger partial charge in [-0.15, -0.1) is 0 Å². The molecule has 2 rings (SSSR count). The number of rotatable bonds is 7. The third-order valence-corrected chi connectivity index (χ3v) is 5.01. The largest absolute Gasteiger partial charge is 0.297 e. The molecule has 1 aromatic heterocycles. The molecule has 0 radical (unpaired) electrons. The molecule has 0 spiro atoms. The van der Waals surface area contributed by atoms with Gasteiger partial charge in [0.15, 0.2) is 5.78 Å². The van der Waals surface area contributed by atoms with Crippen LogP contribution in [0.25, 0.3) is 0 Å². The minimum absolute atomic E-state index is 0.314. The summed E-state index contributed by atoms with van der Waals surface area (Å²) < 4.78 is 1.98. The number of hydrogen-bond donors (Lipinski definition) is 0. The summed E-state index contributed by atoms with van der Waals surface area (Å²) in [4.78, 5) is 15.3. The van der Waals surface area contributed by atoms with Crippen LogP contribution in [0.1, 0.15) is 58.3 Å². The van der Waals surface area contributed by atoms with Crippen LogP contribution in [0.2, 0.25) is 0 Å². The van der Waals surface area contributed by atoms with Crippen molar-refractivity contribution in [1.29, 1.82) is 0 Å². The van der Waals surface area contributed by atoms with Gasteiger partial charge in [0.2, 0.25) is 0 Å². The molecule has 0 aliphatic carbocycles. The SMILES string of the molecule is CCc1cc(CC(=O)C(C)(CC)N2CCCC2)n(CC)n1. The molecule has 0 aromatic carbocycles. The van der Waals surface area contributed by atoms with Gasteiger partial charge < -0.3 is 0 Å². The maximum Gasteiger partial charge on any atom is 0.158 e. The Labute approximate surface area is 128 Å². The van der Waals surface area contributed by atoms with Crippen LogP contribution in [0.4, 0.5) is 0 Å². The number of Topliss-reactive ketones (excluding diaryl/α,β-unsaturated/α-hetero) is 1. The molecule has 21 heavy (non-hydrogen) atoms. The van der Waals surface area contributed by atoms with Gasteiger partial charge in [0.1, 0.15) is 0 Å². The van der Waals surface area contributed by atoms with Crippen LogP contribution >= 0.6 is 0 Å². The molecule has 1 atom stereocenters. The highest BCUT2D eigenvalue weighted by Crippen LogP contribution is 2.27. The lowest BCUT2D eigenvalue weighted by Gasteiger charge is -2.36. The Morgan fingerprint density at radius 3 is 2.48 bits per heavy atom. The van der Waals surface area contributed by atoms with E-state index in [0.29, 0.717) is 12.2 Å². The Balaban J connectivity index is 2.17. The predicted molar refractivity (Wildman–Crippen MR) is 85.5 cm³/mol. The number of nitrogens with zero attached hydrogens (tertiary/aromatic N) is 3. The molecule has 1 aliphatic heterocycles. The standard InChI is InChI=1S/C17H29N3O/c1-5-14-12-15(20(7-3)18-14)13-16(21)17(4,6-2)19-10-8-9-11-19/h12H,5-11,13H2,1-4H3. The molecule has 4 nitrogen and oxygen atoms in total. The van der Waals surface area contributed by atoms with Crippen molar-refractivity contribution < 1.29 is 4.79 Å². The van der Waals surface area contributed by atoms with Gasteiger partial charge in [-0.05, 0) is 58.7 Å². The number of carbonyl (C=O) groups excluding carboxylic acids is 1. The van der Waals surface area contributed by atoms with E-state index in [1.807, 2.05) is 4.68 Å². The number of aromatic nitrogens is 2. The van der Waals surface area contributed by atoms with E-state index in [0.717, 1.165) is 43.9 Å². The fourth-order valence-corrected chi connectivity index (χ4v) is 3.27. The quantitative estimate of drug-likeness (QED) is 0.775. The monoisotopic (exact) mass is 291 g/mol. The van der Waals surface area contributed by atoms with E-state index < -0.39 is 0 Å². The van der Waals surface area contributed by atoms with Crippen molar-refractivity contribution in [3.63, 3.8) is 0 Å². The number of carbonyl (C=O) groups is 1. The molecule has 1 aromatic rings. The zero-order valence-corrected chi connectivity index (χ0v) is 14.0. The van der Waals surface area contributed by atoms with Crippen LogP contribution in [0.15, 0.2) is 6.07 Å². The van der Waals surface area contributed by atoms with Gasteiger partial charge >= 0.3 is 0 Å². The summed E-state index contributed by atoms with van der Waals surface area (Å²) in [6.45, 7) is 11.4. The van der Waals surface area contributed by atoms with Gasteiger partial charge in [0, 0.05) is 12.2 Å². The third-order valence-electron chi connectivity index (χ3n) is 5.01. The van der Waals surface area contributed by atoms with Crippen LogP contribution in [-0.4, -0.2) is 39.1 Å². The topological polar surface area (TPSA) is 38.1 Å². The zero-order valence-electron chi connectivity index (χ0n) is 14.0. The van der Waals surface area contributed by atoms with Crippen molar-refractivity contribution in [2.24, 2.45) is 0 Å². The first-order valence-corrected chi connectivity index (χ1v) is 8.39. The lowest BCUT2D eigenvalue weighted by atomic mass is 9.88. The van der Waals surface area contributed by atoms with Crippen molar-refractivity contribution in [2.45, 2.75) is 71.9 Å². The summed E-state index contributed by atoms with van der Waals surface area (Å²) in [6.07, 6.45) is 4.74. The van der Waals surface area contributed by atoms with Crippen LogP contribution < -0.4 is 0 Å². The van der Waals surface area contributed by atoms with Gasteiger partial charge in [-0.2, -0.15) is 5.10 Å².